The zero-order valence-electron chi connectivity index (χ0n) is 6.64. The Labute approximate surface area is 71.9 Å². The largest absolute Gasteiger partial charge is 0.478 e. The lowest BCUT2D eigenvalue weighted by atomic mass is 10.1. The second-order valence-electron chi connectivity index (χ2n) is 2.48. The van der Waals surface area contributed by atoms with Gasteiger partial charge >= 0.3 is 5.97 Å². The summed E-state index contributed by atoms with van der Waals surface area (Å²) < 4.78 is 0. The molecule has 0 radical (unpaired) electrons. The number of hydrogen-bond donors (Lipinski definition) is 1. The lowest BCUT2D eigenvalue weighted by Gasteiger charge is -1.96. The van der Waals surface area contributed by atoms with Crippen molar-refractivity contribution in [2.75, 3.05) is 5.88 Å². The zero-order valence-corrected chi connectivity index (χ0v) is 7.40. The van der Waals surface area contributed by atoms with Crippen LogP contribution in [0.5, 0.6) is 0 Å². The first-order valence-corrected chi connectivity index (χ1v) is 4.16. The lowest BCUT2D eigenvalue weighted by molar-refractivity contribution is -0.131. The van der Waals surface area contributed by atoms with Crippen LogP contribution in [-0.4, -0.2) is 17.0 Å². The highest BCUT2D eigenvalue weighted by Gasteiger charge is 1.93. The average molecular weight is 177 g/mol. The molecule has 11 heavy (non-hydrogen) atoms. The smallest absolute Gasteiger partial charge is 0.328 e. The molecule has 0 atom stereocenters. The molecule has 1 N–H and O–H groups in total. The molecular weight excluding hydrogens is 164 g/mol. The average Bonchev–Trinajstić information content (AvgIpc) is 1.86. The number of halogens is 1. The Bertz CT molecular complexity index is 152. The molecule has 0 aromatic carbocycles. The van der Waals surface area contributed by atoms with Gasteiger partial charge in [-0.3, -0.25) is 0 Å². The molecule has 0 aliphatic heterocycles. The van der Waals surface area contributed by atoms with E-state index in [0.717, 1.165) is 24.8 Å². The minimum absolute atomic E-state index is 0.653. The first-order valence-electron chi connectivity index (χ1n) is 3.63. The van der Waals surface area contributed by atoms with E-state index in [1.807, 2.05) is 6.92 Å². The van der Waals surface area contributed by atoms with E-state index < -0.39 is 5.97 Å². The summed E-state index contributed by atoms with van der Waals surface area (Å²) in [5.41, 5.74) is 0.905. The Kier molecular flexibility index (Phi) is 5.94. The number of rotatable bonds is 5. The summed E-state index contributed by atoms with van der Waals surface area (Å²) in [7, 11) is 0. The van der Waals surface area contributed by atoms with E-state index in [1.165, 1.54) is 6.08 Å². The van der Waals surface area contributed by atoms with Gasteiger partial charge < -0.3 is 5.11 Å². The molecule has 0 fully saturated rings. The highest BCUT2D eigenvalue weighted by atomic mass is 35.5. The molecule has 0 aliphatic rings. The highest BCUT2D eigenvalue weighted by Crippen LogP contribution is 2.06. The number of hydrogen-bond acceptors (Lipinski definition) is 1. The van der Waals surface area contributed by atoms with Gasteiger partial charge in [-0.2, -0.15) is 0 Å². The minimum atomic E-state index is -0.867. The molecule has 0 aromatic heterocycles. The Hall–Kier alpha value is -0.500. The van der Waals surface area contributed by atoms with E-state index >= 15 is 0 Å². The molecule has 0 saturated heterocycles. The predicted octanol–water partition coefficient (Wildman–Crippen LogP) is 2.43. The minimum Gasteiger partial charge on any atom is -0.478 e. The summed E-state index contributed by atoms with van der Waals surface area (Å²) in [5.74, 6) is -0.214. The Morgan fingerprint density at radius 1 is 1.55 bits per heavy atom. The van der Waals surface area contributed by atoms with Crippen LogP contribution >= 0.6 is 11.6 Å². The van der Waals surface area contributed by atoms with E-state index in [-0.39, 0.29) is 0 Å². The van der Waals surface area contributed by atoms with E-state index in [2.05, 4.69) is 0 Å². The molecule has 0 aromatic rings. The fourth-order valence-electron chi connectivity index (χ4n) is 0.781. The van der Waals surface area contributed by atoms with Crippen LogP contribution in [0.4, 0.5) is 0 Å². The molecule has 0 heterocycles. The van der Waals surface area contributed by atoms with Crippen molar-refractivity contribution in [3.05, 3.63) is 11.6 Å². The molecule has 3 heteroatoms. The van der Waals surface area contributed by atoms with Crippen molar-refractivity contribution in [1.82, 2.24) is 0 Å². The van der Waals surface area contributed by atoms with Crippen molar-refractivity contribution in [2.45, 2.75) is 26.2 Å². The monoisotopic (exact) mass is 176 g/mol. The van der Waals surface area contributed by atoms with Gasteiger partial charge in [0.2, 0.25) is 0 Å². The maximum Gasteiger partial charge on any atom is 0.328 e. The van der Waals surface area contributed by atoms with Crippen molar-refractivity contribution < 1.29 is 9.90 Å². The lowest BCUT2D eigenvalue weighted by Crippen LogP contribution is -1.90. The van der Waals surface area contributed by atoms with Crippen LogP contribution in [0.2, 0.25) is 0 Å². The summed E-state index contributed by atoms with van der Waals surface area (Å²) in [4.78, 5) is 10.1. The van der Waals surface area contributed by atoms with Crippen LogP contribution in [0.1, 0.15) is 26.2 Å². The first-order chi connectivity index (χ1) is 5.16. The summed E-state index contributed by atoms with van der Waals surface area (Å²) in [6.07, 6.45) is 4.00. The maximum absolute atomic E-state index is 10.1. The second-order valence-corrected chi connectivity index (χ2v) is 2.85. The number of alkyl halides is 1. The second kappa shape index (κ2) is 6.23. The van der Waals surface area contributed by atoms with Crippen LogP contribution in [0.25, 0.3) is 0 Å². The number of aliphatic carboxylic acids is 1. The van der Waals surface area contributed by atoms with Gasteiger partial charge in [0.25, 0.3) is 0 Å². The van der Waals surface area contributed by atoms with E-state index in [4.69, 9.17) is 16.7 Å². The molecule has 0 rings (SSSR count). The predicted molar refractivity (Wildman–Crippen MR) is 46.0 cm³/mol. The number of carboxylic acids is 1. The van der Waals surface area contributed by atoms with Gasteiger partial charge in [-0.05, 0) is 26.2 Å². The third-order valence-electron chi connectivity index (χ3n) is 1.32. The number of allylic oxidation sites excluding steroid dienone is 1. The topological polar surface area (TPSA) is 37.3 Å². The van der Waals surface area contributed by atoms with Crippen LogP contribution < -0.4 is 0 Å². The van der Waals surface area contributed by atoms with Gasteiger partial charge in [-0.15, -0.1) is 11.6 Å². The molecule has 0 unspecified atom stereocenters. The summed E-state index contributed by atoms with van der Waals surface area (Å²) in [6, 6.07) is 0. The van der Waals surface area contributed by atoms with Crippen molar-refractivity contribution in [3.63, 3.8) is 0 Å². The Balaban J connectivity index is 3.51. The molecular formula is C8H13ClO2. The fraction of sp³-hybridized carbons (Fsp3) is 0.625. The molecule has 0 aliphatic carbocycles. The van der Waals surface area contributed by atoms with Gasteiger partial charge in [0, 0.05) is 12.0 Å². The van der Waals surface area contributed by atoms with Gasteiger partial charge in [0.15, 0.2) is 0 Å². The maximum atomic E-state index is 10.1. The molecule has 0 bridgehead atoms. The van der Waals surface area contributed by atoms with E-state index in [0.29, 0.717) is 5.88 Å². The van der Waals surface area contributed by atoms with Crippen LogP contribution in [0.15, 0.2) is 11.6 Å². The fourth-order valence-corrected chi connectivity index (χ4v) is 0.970. The van der Waals surface area contributed by atoms with E-state index in [1.54, 1.807) is 0 Å². The van der Waals surface area contributed by atoms with Crippen LogP contribution in [0, 0.1) is 0 Å². The van der Waals surface area contributed by atoms with Gasteiger partial charge in [0.1, 0.15) is 0 Å². The van der Waals surface area contributed by atoms with Crippen LogP contribution in [-0.2, 0) is 4.79 Å². The van der Waals surface area contributed by atoms with E-state index in [9.17, 15) is 4.79 Å². The standard InChI is InChI=1S/C8H13ClO2/c1-7(6-8(10)11)4-2-3-5-9/h6H,2-5H2,1H3,(H,10,11). The Morgan fingerprint density at radius 3 is 2.64 bits per heavy atom. The number of carboxylic acid groups (broad SMARTS) is 1. The van der Waals surface area contributed by atoms with Crippen LogP contribution in [0.3, 0.4) is 0 Å². The van der Waals surface area contributed by atoms with Crippen molar-refractivity contribution >= 4 is 17.6 Å². The zero-order chi connectivity index (χ0) is 8.69. The molecule has 64 valence electrons. The van der Waals surface area contributed by atoms with Crippen molar-refractivity contribution in [2.24, 2.45) is 0 Å². The molecule has 0 saturated carbocycles. The quantitative estimate of drug-likeness (QED) is 0.397. The summed E-state index contributed by atoms with van der Waals surface area (Å²) in [6.45, 7) is 1.82. The normalized spacial score (nSPS) is 11.6. The van der Waals surface area contributed by atoms with Gasteiger partial charge in [-0.25, -0.2) is 4.79 Å². The SMILES string of the molecule is CC(=CC(=O)O)CCCCCl. The molecule has 2 nitrogen and oxygen atoms in total. The summed E-state index contributed by atoms with van der Waals surface area (Å²) >= 11 is 5.45. The molecule has 0 amide bonds. The highest BCUT2D eigenvalue weighted by molar-refractivity contribution is 6.17. The third kappa shape index (κ3) is 7.40. The van der Waals surface area contributed by atoms with Crippen molar-refractivity contribution in [3.8, 4) is 0 Å². The van der Waals surface area contributed by atoms with Crippen molar-refractivity contribution in [1.29, 1.82) is 0 Å². The third-order valence-corrected chi connectivity index (χ3v) is 1.59. The molecule has 0 spiro atoms. The van der Waals surface area contributed by atoms with Gasteiger partial charge in [-0.1, -0.05) is 5.57 Å². The number of carbonyl (C=O) groups is 1. The summed E-state index contributed by atoms with van der Waals surface area (Å²) in [5, 5.41) is 8.34. The number of unbranched alkanes of at least 4 members (excludes halogenated alkanes) is 1. The first kappa shape index (κ1) is 10.5. The van der Waals surface area contributed by atoms with Gasteiger partial charge in [0.05, 0.1) is 0 Å². The Morgan fingerprint density at radius 2 is 2.18 bits per heavy atom.